The van der Waals surface area contributed by atoms with Crippen molar-refractivity contribution in [3.05, 3.63) is 0 Å². The molecule has 2 aromatic rings. The molecule has 0 unspecified atom stereocenters. The lowest BCUT2D eigenvalue weighted by Crippen LogP contribution is -2.41. The number of benzene rings is 2. The number of phenolic OH excluding ortho intramolecular Hbond substituents is 7. The second-order valence-corrected chi connectivity index (χ2v) is 7.00. The molecule has 3 rings (SSSR count). The molecule has 0 spiro atoms. The third kappa shape index (κ3) is 2.06. The third-order valence-electron chi connectivity index (χ3n) is 4.80. The van der Waals surface area contributed by atoms with E-state index < -0.39 is 67.9 Å². The van der Waals surface area contributed by atoms with Gasteiger partial charge in [-0.15, -0.1) is 5.23 Å². The molecule has 1 saturated heterocycles. The summed E-state index contributed by atoms with van der Waals surface area (Å²) in [4.78, 5) is 11.2. The largest absolute Gasteiger partial charge is 0.504 e. The number of hydrogen-bond donors (Lipinski definition) is 7. The fraction of sp³-hybridized carbons (Fsp3) is 0.375. The summed E-state index contributed by atoms with van der Waals surface area (Å²) in [6.45, 7) is 6.75. The van der Waals surface area contributed by atoms with Crippen molar-refractivity contribution in [1.29, 1.82) is 0 Å². The number of aromatic hydroxyl groups is 7. The number of rotatable bonds is 1. The maximum Gasteiger partial charge on any atom is 0.205 e. The Morgan fingerprint density at radius 1 is 0.538 bits per heavy atom. The van der Waals surface area contributed by atoms with Crippen molar-refractivity contribution >= 4 is 16.5 Å². The van der Waals surface area contributed by atoms with Crippen LogP contribution in [0, 0.1) is 0 Å². The molecule has 1 fully saturated rings. The van der Waals surface area contributed by atoms with Crippen molar-refractivity contribution in [2.24, 2.45) is 0 Å². The normalized spacial score (nSPS) is 18.5. The van der Waals surface area contributed by atoms with Gasteiger partial charge in [0.25, 0.3) is 0 Å². The zero-order chi connectivity index (χ0) is 19.8. The van der Waals surface area contributed by atoms with E-state index in [-0.39, 0.29) is 0 Å². The van der Waals surface area contributed by atoms with Crippen molar-refractivity contribution in [1.82, 2.24) is 0 Å². The molecule has 1 aliphatic rings. The average Bonchev–Trinajstić information content (AvgIpc) is 2.75. The zero-order valence-corrected chi connectivity index (χ0v) is 14.4. The number of hydrogen-bond acceptors (Lipinski definition) is 10. The first kappa shape index (κ1) is 17.8. The molecule has 0 radical (unpaired) electrons. The summed E-state index contributed by atoms with van der Waals surface area (Å²) in [5.74, 6) is -7.25. The van der Waals surface area contributed by atoms with E-state index in [2.05, 4.69) is 0 Å². The highest BCUT2D eigenvalue weighted by molar-refractivity contribution is 6.11. The van der Waals surface area contributed by atoms with Crippen LogP contribution in [0.15, 0.2) is 0 Å². The number of anilines is 1. The Bertz CT molecular complexity index is 912. The second-order valence-electron chi connectivity index (χ2n) is 7.00. The first-order chi connectivity index (χ1) is 11.8. The van der Waals surface area contributed by atoms with Crippen molar-refractivity contribution in [2.75, 3.05) is 5.23 Å². The van der Waals surface area contributed by atoms with Gasteiger partial charge >= 0.3 is 0 Å². The van der Waals surface area contributed by atoms with Crippen molar-refractivity contribution < 1.29 is 45.4 Å². The van der Waals surface area contributed by atoms with Crippen LogP contribution in [0.25, 0.3) is 10.8 Å². The Kier molecular flexibility index (Phi) is 3.44. The fourth-order valence-electron chi connectivity index (χ4n) is 2.54. The van der Waals surface area contributed by atoms with Crippen LogP contribution < -0.4 is 5.23 Å². The Morgan fingerprint density at radius 2 is 0.885 bits per heavy atom. The molecule has 7 N–H and O–H groups in total. The van der Waals surface area contributed by atoms with Gasteiger partial charge in [-0.25, -0.2) is 9.68 Å². The molecule has 10 heteroatoms. The molecule has 2 aromatic carbocycles. The molecule has 0 amide bonds. The summed E-state index contributed by atoms with van der Waals surface area (Å²) in [7, 11) is 0. The van der Waals surface area contributed by atoms with Crippen LogP contribution in [0.2, 0.25) is 0 Å². The number of fused-ring (bicyclic) bond motifs is 1. The third-order valence-corrected chi connectivity index (χ3v) is 4.80. The van der Waals surface area contributed by atoms with Gasteiger partial charge < -0.3 is 35.7 Å². The molecule has 0 aliphatic carbocycles. The standard InChI is InChI=1S/C16H19NO9/c1-15(2)16(3,4)26-17(25-15)7-5-6(9(19)12(22)11(7)21)10(20)14(24)13(23)8(5)18/h18-24H,1-4H3. The zero-order valence-electron chi connectivity index (χ0n) is 14.4. The molecule has 0 aromatic heterocycles. The monoisotopic (exact) mass is 369 g/mol. The lowest BCUT2D eigenvalue weighted by Gasteiger charge is -2.26. The molecule has 10 nitrogen and oxygen atoms in total. The highest BCUT2D eigenvalue weighted by atomic mass is 17.0. The molecule has 1 heterocycles. The van der Waals surface area contributed by atoms with Crippen LogP contribution >= 0.6 is 0 Å². The lowest BCUT2D eigenvalue weighted by molar-refractivity contribution is -0.0276. The van der Waals surface area contributed by atoms with Gasteiger partial charge in [0.1, 0.15) is 11.2 Å². The summed E-state index contributed by atoms with van der Waals surface area (Å²) in [6, 6.07) is 0. The first-order valence-electron chi connectivity index (χ1n) is 7.56. The van der Waals surface area contributed by atoms with E-state index in [0.29, 0.717) is 5.23 Å². The van der Waals surface area contributed by atoms with Crippen LogP contribution in [0.1, 0.15) is 27.7 Å². The minimum absolute atomic E-state index is 0.489. The number of phenols is 7. The molecule has 1 aliphatic heterocycles. The van der Waals surface area contributed by atoms with Gasteiger partial charge in [-0.05, 0) is 27.7 Å². The molecule has 0 atom stereocenters. The van der Waals surface area contributed by atoms with E-state index in [1.807, 2.05) is 0 Å². The molecule has 0 bridgehead atoms. The lowest BCUT2D eigenvalue weighted by atomic mass is 9.90. The predicted octanol–water partition coefficient (Wildman–Crippen LogP) is 2.02. The van der Waals surface area contributed by atoms with Crippen LogP contribution in [-0.4, -0.2) is 46.9 Å². The minimum atomic E-state index is -1.12. The van der Waals surface area contributed by atoms with Crippen LogP contribution in [-0.2, 0) is 9.68 Å². The Morgan fingerprint density at radius 3 is 1.31 bits per heavy atom. The second kappa shape index (κ2) is 5.02. The average molecular weight is 369 g/mol. The Hall–Kier alpha value is -2.98. The van der Waals surface area contributed by atoms with Gasteiger partial charge in [-0.1, -0.05) is 0 Å². The van der Waals surface area contributed by atoms with Crippen LogP contribution in [0.3, 0.4) is 0 Å². The summed E-state index contributed by atoms with van der Waals surface area (Å²) >= 11 is 0. The number of nitrogens with zero attached hydrogens (tertiary/aromatic N) is 1. The van der Waals surface area contributed by atoms with E-state index in [4.69, 9.17) is 9.68 Å². The maximum atomic E-state index is 10.3. The first-order valence-corrected chi connectivity index (χ1v) is 7.56. The van der Waals surface area contributed by atoms with E-state index in [0.717, 1.165) is 0 Å². The van der Waals surface area contributed by atoms with E-state index in [1.54, 1.807) is 27.7 Å². The maximum absolute atomic E-state index is 10.3. The predicted molar refractivity (Wildman–Crippen MR) is 88.4 cm³/mol. The van der Waals surface area contributed by atoms with Gasteiger partial charge in [0.2, 0.25) is 17.2 Å². The summed E-state index contributed by atoms with van der Waals surface area (Å²) in [5, 5.41) is 69.8. The molecule has 0 saturated carbocycles. The minimum Gasteiger partial charge on any atom is -0.504 e. The van der Waals surface area contributed by atoms with Crippen molar-refractivity contribution in [3.8, 4) is 40.2 Å². The van der Waals surface area contributed by atoms with Gasteiger partial charge in [0, 0.05) is 0 Å². The fourth-order valence-corrected chi connectivity index (χ4v) is 2.54. The Balaban J connectivity index is 2.44. The molecular weight excluding hydrogens is 350 g/mol. The summed E-state index contributed by atoms with van der Waals surface area (Å²) in [5.41, 5.74) is -2.33. The summed E-state index contributed by atoms with van der Waals surface area (Å²) < 4.78 is 0. The SMILES string of the molecule is CC1(C)ON(c2c(O)c(O)c(O)c3c(O)c(O)c(O)c(O)c23)OC1(C)C. The Labute approximate surface area is 147 Å². The van der Waals surface area contributed by atoms with Gasteiger partial charge in [0.05, 0.1) is 10.8 Å². The van der Waals surface area contributed by atoms with E-state index in [1.165, 1.54) is 0 Å². The van der Waals surface area contributed by atoms with E-state index >= 15 is 0 Å². The quantitative estimate of drug-likeness (QED) is 0.292. The molecule has 142 valence electrons. The van der Waals surface area contributed by atoms with Crippen molar-refractivity contribution in [3.63, 3.8) is 0 Å². The van der Waals surface area contributed by atoms with Crippen molar-refractivity contribution in [2.45, 2.75) is 38.9 Å². The smallest absolute Gasteiger partial charge is 0.205 e. The highest BCUT2D eigenvalue weighted by Gasteiger charge is 2.51. The van der Waals surface area contributed by atoms with Gasteiger partial charge in [0.15, 0.2) is 28.7 Å². The van der Waals surface area contributed by atoms with Crippen LogP contribution in [0.5, 0.6) is 40.2 Å². The van der Waals surface area contributed by atoms with Gasteiger partial charge in [-0.3, -0.25) is 0 Å². The summed E-state index contributed by atoms with van der Waals surface area (Å²) in [6.07, 6.45) is 0. The topological polar surface area (TPSA) is 163 Å². The van der Waals surface area contributed by atoms with E-state index in [9.17, 15) is 35.7 Å². The molecule has 26 heavy (non-hydrogen) atoms. The molecular formula is C16H19NO9. The van der Waals surface area contributed by atoms with Gasteiger partial charge in [-0.2, -0.15) is 0 Å². The van der Waals surface area contributed by atoms with Crippen LogP contribution in [0.4, 0.5) is 5.69 Å². The highest BCUT2D eigenvalue weighted by Crippen LogP contribution is 2.60.